The Morgan fingerprint density at radius 3 is 2.59 bits per heavy atom. The van der Waals surface area contributed by atoms with Gasteiger partial charge in [-0.15, -0.1) is 11.3 Å². The van der Waals surface area contributed by atoms with Crippen LogP contribution in [0.4, 0.5) is 0 Å². The van der Waals surface area contributed by atoms with Crippen molar-refractivity contribution in [3.8, 4) is 0 Å². The Bertz CT molecular complexity index is 601. The van der Waals surface area contributed by atoms with Gasteiger partial charge in [0.2, 0.25) is 11.8 Å². The van der Waals surface area contributed by atoms with Gasteiger partial charge in [-0.2, -0.15) is 0 Å². The number of rotatable bonds is 10. The number of thiophene rings is 1. The zero-order valence-electron chi connectivity index (χ0n) is 15.7. The highest BCUT2D eigenvalue weighted by atomic mass is 32.1. The molecular formula is C18H28N4O4S. The summed E-state index contributed by atoms with van der Waals surface area (Å²) in [5.41, 5.74) is 0. The van der Waals surface area contributed by atoms with Gasteiger partial charge in [0.1, 0.15) is 0 Å². The van der Waals surface area contributed by atoms with Crippen molar-refractivity contribution in [3.63, 3.8) is 0 Å². The molecule has 1 aromatic rings. The molecule has 8 nitrogen and oxygen atoms in total. The Labute approximate surface area is 163 Å². The second kappa shape index (κ2) is 11.7. The molecule has 1 saturated heterocycles. The lowest BCUT2D eigenvalue weighted by atomic mass is 10.2. The first-order chi connectivity index (χ1) is 13.1. The molecule has 0 radical (unpaired) electrons. The maximum atomic E-state index is 12.3. The first-order valence-electron chi connectivity index (χ1n) is 9.17. The molecule has 0 aliphatic carbocycles. The molecule has 0 saturated carbocycles. The quantitative estimate of drug-likeness (QED) is 0.550. The van der Waals surface area contributed by atoms with Crippen molar-refractivity contribution in [1.29, 1.82) is 0 Å². The first-order valence-corrected chi connectivity index (χ1v) is 10.1. The molecule has 27 heavy (non-hydrogen) atoms. The number of nitrogens with one attached hydrogen (secondary N) is 2. The van der Waals surface area contributed by atoms with Crippen LogP contribution in [0.2, 0.25) is 0 Å². The van der Waals surface area contributed by atoms with Gasteiger partial charge >= 0.3 is 0 Å². The molecule has 1 fully saturated rings. The highest BCUT2D eigenvalue weighted by Crippen LogP contribution is 2.08. The van der Waals surface area contributed by atoms with Gasteiger partial charge < -0.3 is 20.3 Å². The molecule has 0 atom stereocenters. The number of hydrogen-bond acceptors (Lipinski definition) is 6. The van der Waals surface area contributed by atoms with Gasteiger partial charge in [-0.05, 0) is 17.9 Å². The van der Waals surface area contributed by atoms with E-state index in [1.165, 1.54) is 11.3 Å². The third kappa shape index (κ3) is 7.66. The third-order valence-electron chi connectivity index (χ3n) is 4.31. The molecule has 1 aliphatic heterocycles. The SMILES string of the molecule is COCCCNC(=O)CN1CCN(C(=O)CCNC(=O)c2cccs2)CC1. The van der Waals surface area contributed by atoms with Crippen molar-refractivity contribution in [2.24, 2.45) is 0 Å². The lowest BCUT2D eigenvalue weighted by Crippen LogP contribution is -2.51. The van der Waals surface area contributed by atoms with Crippen molar-refractivity contribution in [2.45, 2.75) is 12.8 Å². The van der Waals surface area contributed by atoms with Gasteiger partial charge in [-0.25, -0.2) is 0 Å². The number of amides is 3. The highest BCUT2D eigenvalue weighted by molar-refractivity contribution is 7.12. The average molecular weight is 397 g/mol. The summed E-state index contributed by atoms with van der Waals surface area (Å²) in [7, 11) is 1.64. The molecule has 0 aromatic carbocycles. The lowest BCUT2D eigenvalue weighted by molar-refractivity contribution is -0.133. The van der Waals surface area contributed by atoms with E-state index in [9.17, 15) is 14.4 Å². The minimum Gasteiger partial charge on any atom is -0.385 e. The molecule has 2 heterocycles. The Morgan fingerprint density at radius 1 is 1.15 bits per heavy atom. The van der Waals surface area contributed by atoms with E-state index >= 15 is 0 Å². The first kappa shape index (κ1) is 21.3. The fraction of sp³-hybridized carbons (Fsp3) is 0.611. The van der Waals surface area contributed by atoms with E-state index in [1.807, 2.05) is 16.3 Å². The summed E-state index contributed by atoms with van der Waals surface area (Å²) in [6.07, 6.45) is 1.09. The minimum atomic E-state index is -0.140. The predicted molar refractivity (Wildman–Crippen MR) is 104 cm³/mol. The zero-order chi connectivity index (χ0) is 19.5. The Balaban J connectivity index is 1.58. The molecule has 1 aromatic heterocycles. The minimum absolute atomic E-state index is 0.00201. The number of ether oxygens (including phenoxy) is 1. The van der Waals surface area contributed by atoms with E-state index in [-0.39, 0.29) is 24.1 Å². The van der Waals surface area contributed by atoms with Crippen LogP contribution in [0.25, 0.3) is 0 Å². The van der Waals surface area contributed by atoms with Gasteiger partial charge in [-0.3, -0.25) is 19.3 Å². The fourth-order valence-electron chi connectivity index (χ4n) is 2.79. The third-order valence-corrected chi connectivity index (χ3v) is 5.18. The molecular weight excluding hydrogens is 368 g/mol. The molecule has 0 spiro atoms. The van der Waals surface area contributed by atoms with Crippen LogP contribution in [0, 0.1) is 0 Å². The number of methoxy groups -OCH3 is 1. The second-order valence-corrected chi connectivity index (χ2v) is 7.28. The Kier molecular flexibility index (Phi) is 9.23. The summed E-state index contributed by atoms with van der Waals surface area (Å²) in [5.74, 6) is -0.105. The Hall–Kier alpha value is -1.97. The van der Waals surface area contributed by atoms with E-state index in [0.717, 1.165) is 6.42 Å². The highest BCUT2D eigenvalue weighted by Gasteiger charge is 2.22. The van der Waals surface area contributed by atoms with E-state index in [0.29, 0.717) is 57.3 Å². The Morgan fingerprint density at radius 2 is 1.93 bits per heavy atom. The predicted octanol–water partition coefficient (Wildman–Crippen LogP) is 0.165. The molecule has 150 valence electrons. The summed E-state index contributed by atoms with van der Waals surface area (Å²) in [5, 5.41) is 7.49. The maximum absolute atomic E-state index is 12.3. The fourth-order valence-corrected chi connectivity index (χ4v) is 3.43. The van der Waals surface area contributed by atoms with Crippen molar-refractivity contribution in [1.82, 2.24) is 20.4 Å². The van der Waals surface area contributed by atoms with Crippen molar-refractivity contribution in [2.75, 3.05) is 59.5 Å². The van der Waals surface area contributed by atoms with Gasteiger partial charge in [0, 0.05) is 59.4 Å². The van der Waals surface area contributed by atoms with Crippen LogP contribution >= 0.6 is 11.3 Å². The molecule has 1 aliphatic rings. The summed E-state index contributed by atoms with van der Waals surface area (Å²) in [6.45, 7) is 4.50. The van der Waals surface area contributed by atoms with Crippen LogP contribution in [-0.4, -0.2) is 87.1 Å². The summed E-state index contributed by atoms with van der Waals surface area (Å²) < 4.78 is 4.95. The standard InChI is InChI=1S/C18H28N4O4S/c1-26-12-3-6-19-16(23)14-21-8-10-22(11-9-21)17(24)5-7-20-18(25)15-4-2-13-27-15/h2,4,13H,3,5-12,14H2,1H3,(H,19,23)(H,20,25). The van der Waals surface area contributed by atoms with Gasteiger partial charge in [0.25, 0.3) is 5.91 Å². The van der Waals surface area contributed by atoms with E-state index in [2.05, 4.69) is 10.6 Å². The van der Waals surface area contributed by atoms with Gasteiger partial charge in [-0.1, -0.05) is 6.07 Å². The number of nitrogens with zero attached hydrogens (tertiary/aromatic N) is 2. The zero-order valence-corrected chi connectivity index (χ0v) is 16.6. The summed E-state index contributed by atoms with van der Waals surface area (Å²) in [4.78, 5) is 40.5. The smallest absolute Gasteiger partial charge is 0.261 e. The molecule has 3 amide bonds. The van der Waals surface area contributed by atoms with Crippen LogP contribution in [0.15, 0.2) is 17.5 Å². The molecule has 0 bridgehead atoms. The summed E-state index contributed by atoms with van der Waals surface area (Å²) >= 11 is 1.38. The number of carbonyl (C=O) groups excluding carboxylic acids is 3. The van der Waals surface area contributed by atoms with Crippen LogP contribution in [-0.2, 0) is 14.3 Å². The molecule has 0 unspecified atom stereocenters. The summed E-state index contributed by atoms with van der Waals surface area (Å²) in [6, 6.07) is 3.58. The molecule has 2 N–H and O–H groups in total. The van der Waals surface area contributed by atoms with Crippen molar-refractivity contribution < 1.29 is 19.1 Å². The van der Waals surface area contributed by atoms with Crippen molar-refractivity contribution >= 4 is 29.1 Å². The van der Waals surface area contributed by atoms with E-state index in [4.69, 9.17) is 4.74 Å². The monoisotopic (exact) mass is 396 g/mol. The normalized spacial score (nSPS) is 14.8. The second-order valence-electron chi connectivity index (χ2n) is 6.34. The molecule has 2 rings (SSSR count). The number of carbonyl (C=O) groups is 3. The number of hydrogen-bond donors (Lipinski definition) is 2. The van der Waals surface area contributed by atoms with Crippen molar-refractivity contribution in [3.05, 3.63) is 22.4 Å². The topological polar surface area (TPSA) is 91.0 Å². The average Bonchev–Trinajstić information content (AvgIpc) is 3.20. The van der Waals surface area contributed by atoms with E-state index in [1.54, 1.807) is 18.1 Å². The van der Waals surface area contributed by atoms with Gasteiger partial charge in [0.15, 0.2) is 0 Å². The largest absolute Gasteiger partial charge is 0.385 e. The van der Waals surface area contributed by atoms with Crippen LogP contribution in [0.3, 0.4) is 0 Å². The van der Waals surface area contributed by atoms with Crippen LogP contribution < -0.4 is 10.6 Å². The van der Waals surface area contributed by atoms with Crippen LogP contribution in [0.1, 0.15) is 22.5 Å². The number of piperazine rings is 1. The van der Waals surface area contributed by atoms with E-state index < -0.39 is 0 Å². The lowest BCUT2D eigenvalue weighted by Gasteiger charge is -2.34. The van der Waals surface area contributed by atoms with Gasteiger partial charge in [0.05, 0.1) is 11.4 Å². The molecule has 9 heteroatoms. The maximum Gasteiger partial charge on any atom is 0.261 e. The van der Waals surface area contributed by atoms with Crippen LogP contribution in [0.5, 0.6) is 0 Å².